The highest BCUT2D eigenvalue weighted by atomic mass is 35.5. The Hall–Kier alpha value is -3.09. The van der Waals surface area contributed by atoms with Crippen LogP contribution < -0.4 is 0 Å². The van der Waals surface area contributed by atoms with E-state index in [2.05, 4.69) is 23.8 Å². The third-order valence-corrected chi connectivity index (χ3v) is 12.1. The lowest BCUT2D eigenvalue weighted by Gasteiger charge is -2.57. The molecule has 4 aliphatic carbocycles. The number of aliphatic hydroxyl groups excluding tert-OH is 1. The molecule has 0 unspecified atom stereocenters. The molecule has 0 amide bonds. The summed E-state index contributed by atoms with van der Waals surface area (Å²) >= 11 is 6.19. The van der Waals surface area contributed by atoms with Crippen molar-refractivity contribution in [3.63, 3.8) is 0 Å². The van der Waals surface area contributed by atoms with Crippen LogP contribution in [0.1, 0.15) is 87.9 Å². The van der Waals surface area contributed by atoms with Gasteiger partial charge in [0.05, 0.1) is 35.9 Å². The SMILES string of the molecule is C[C@]12CC[C@H]3[C@@H](CCC4=CC(=O)CC[C@@]43C)[C@@H]1CC[C@@H]2O.Cc1ncc2n1-c1ccc(Cl)cc1C(c1ccccc1F)=NC2. The van der Waals surface area contributed by atoms with Gasteiger partial charge in [-0.3, -0.25) is 14.4 Å². The van der Waals surface area contributed by atoms with E-state index >= 15 is 0 Å². The van der Waals surface area contributed by atoms with Crippen LogP contribution in [0.25, 0.3) is 5.69 Å². The van der Waals surface area contributed by atoms with Crippen molar-refractivity contribution in [1.82, 2.24) is 9.55 Å². The van der Waals surface area contributed by atoms with Crippen LogP contribution >= 0.6 is 11.6 Å². The van der Waals surface area contributed by atoms with Gasteiger partial charge in [-0.1, -0.05) is 43.2 Å². The normalized spacial score (nSPS) is 32.0. The standard InChI is InChI=1S/C19H28O2.C18H13ClFN3/c1-18-9-7-13(20)11-12(18)3-4-14-15-5-6-17(21)19(15,2)10-8-16(14)18;1-11-21-9-13-10-22-18(14-4-2-3-5-16(14)20)15-8-12(19)6-7-17(15)23(11)13/h11,14-17,21H,3-10H2,1-2H3;2-9H,10H2,1H3/t14-,15-,16-,17-,18-,19-;/m0./s1. The molecule has 6 atom stereocenters. The monoisotopic (exact) mass is 613 g/mol. The Morgan fingerprint density at radius 3 is 2.64 bits per heavy atom. The van der Waals surface area contributed by atoms with Crippen LogP contribution in [-0.4, -0.2) is 32.3 Å². The van der Waals surface area contributed by atoms with Crippen molar-refractivity contribution >= 4 is 23.1 Å². The van der Waals surface area contributed by atoms with Crippen LogP contribution in [0.5, 0.6) is 0 Å². The maximum atomic E-state index is 14.3. The smallest absolute Gasteiger partial charge is 0.155 e. The van der Waals surface area contributed by atoms with Crippen LogP contribution in [0.15, 0.2) is 65.3 Å². The molecule has 44 heavy (non-hydrogen) atoms. The summed E-state index contributed by atoms with van der Waals surface area (Å²) in [6.07, 6.45) is 12.5. The highest BCUT2D eigenvalue weighted by Crippen LogP contribution is 2.65. The number of hydrogen-bond donors (Lipinski definition) is 1. The van der Waals surface area contributed by atoms with Gasteiger partial charge in [-0.25, -0.2) is 9.37 Å². The van der Waals surface area contributed by atoms with Crippen molar-refractivity contribution in [3.8, 4) is 5.69 Å². The van der Waals surface area contributed by atoms with Gasteiger partial charge < -0.3 is 5.11 Å². The number of aliphatic hydroxyl groups is 1. The average molecular weight is 614 g/mol. The quantitative estimate of drug-likeness (QED) is 0.301. The van der Waals surface area contributed by atoms with Gasteiger partial charge in [0.15, 0.2) is 5.78 Å². The number of hydrogen-bond acceptors (Lipinski definition) is 4. The number of allylic oxidation sites excluding steroid dienone is 1. The number of aryl methyl sites for hydroxylation is 1. The van der Waals surface area contributed by atoms with Gasteiger partial charge in [-0.15, -0.1) is 0 Å². The Kier molecular flexibility index (Phi) is 7.44. The fraction of sp³-hybridized carbons (Fsp3) is 0.486. The molecule has 1 N–H and O–H groups in total. The Labute approximate surface area is 264 Å². The predicted octanol–water partition coefficient (Wildman–Crippen LogP) is 8.20. The number of fused-ring (bicyclic) bond motifs is 8. The third-order valence-electron chi connectivity index (χ3n) is 11.9. The summed E-state index contributed by atoms with van der Waals surface area (Å²) in [5.74, 6) is 3.15. The van der Waals surface area contributed by atoms with Crippen molar-refractivity contribution in [2.24, 2.45) is 33.6 Å². The second-order valence-electron chi connectivity index (χ2n) is 14.0. The highest BCUT2D eigenvalue weighted by molar-refractivity contribution is 6.31. The molecule has 2 aromatic carbocycles. The summed E-state index contributed by atoms with van der Waals surface area (Å²) in [6.45, 7) is 7.15. The number of imidazole rings is 1. The van der Waals surface area contributed by atoms with Gasteiger partial charge in [0.2, 0.25) is 0 Å². The minimum atomic E-state index is -0.293. The molecule has 0 spiro atoms. The summed E-state index contributed by atoms with van der Waals surface area (Å²) in [6, 6.07) is 12.3. The number of aliphatic imine (C=N–C) groups is 1. The largest absolute Gasteiger partial charge is 0.393 e. The van der Waals surface area contributed by atoms with Crippen molar-refractivity contribution in [2.45, 2.75) is 84.8 Å². The molecular weight excluding hydrogens is 573 g/mol. The molecule has 0 saturated heterocycles. The van der Waals surface area contributed by atoms with E-state index in [9.17, 15) is 14.3 Å². The van der Waals surface area contributed by atoms with Crippen molar-refractivity contribution < 1.29 is 14.3 Å². The second kappa shape index (κ2) is 11.1. The summed E-state index contributed by atoms with van der Waals surface area (Å²) in [7, 11) is 0. The van der Waals surface area contributed by atoms with Crippen molar-refractivity contribution in [1.29, 1.82) is 0 Å². The first kappa shape index (κ1) is 29.6. The van der Waals surface area contributed by atoms with E-state index in [1.807, 2.05) is 48.0 Å². The van der Waals surface area contributed by atoms with E-state index in [4.69, 9.17) is 11.6 Å². The molecule has 5 aliphatic rings. The van der Waals surface area contributed by atoms with E-state index in [-0.39, 0.29) is 22.8 Å². The van der Waals surface area contributed by atoms with E-state index in [0.29, 0.717) is 34.5 Å². The number of halogens is 2. The van der Waals surface area contributed by atoms with E-state index in [1.165, 1.54) is 37.3 Å². The first-order valence-electron chi connectivity index (χ1n) is 16.1. The van der Waals surface area contributed by atoms with Gasteiger partial charge >= 0.3 is 0 Å². The molecule has 3 saturated carbocycles. The zero-order valence-electron chi connectivity index (χ0n) is 25.8. The lowest BCUT2D eigenvalue weighted by molar-refractivity contribution is -0.118. The lowest BCUT2D eigenvalue weighted by atomic mass is 9.47. The first-order valence-corrected chi connectivity index (χ1v) is 16.5. The van der Waals surface area contributed by atoms with Crippen molar-refractivity contribution in [3.05, 3.63) is 93.8 Å². The molecule has 7 heteroatoms. The van der Waals surface area contributed by atoms with Crippen molar-refractivity contribution in [2.75, 3.05) is 0 Å². The van der Waals surface area contributed by atoms with Gasteiger partial charge in [-0.05, 0) is 117 Å². The van der Waals surface area contributed by atoms with Crippen LogP contribution in [0.2, 0.25) is 5.02 Å². The highest BCUT2D eigenvalue weighted by Gasteiger charge is 2.58. The first-order chi connectivity index (χ1) is 21.1. The predicted molar refractivity (Wildman–Crippen MR) is 172 cm³/mol. The topological polar surface area (TPSA) is 67.5 Å². The van der Waals surface area contributed by atoms with E-state index in [0.717, 1.165) is 60.3 Å². The Balaban J connectivity index is 0.000000143. The molecule has 0 radical (unpaired) electrons. The number of aromatic nitrogens is 2. The average Bonchev–Trinajstić information content (AvgIpc) is 3.47. The number of benzene rings is 2. The van der Waals surface area contributed by atoms with Gasteiger partial charge in [0.1, 0.15) is 11.6 Å². The summed E-state index contributed by atoms with van der Waals surface area (Å²) in [5.41, 5.74) is 5.67. The van der Waals surface area contributed by atoms with Crippen LogP contribution in [0.3, 0.4) is 0 Å². The fourth-order valence-electron chi connectivity index (χ4n) is 9.49. The molecule has 0 bridgehead atoms. The molecule has 230 valence electrons. The number of ketones is 1. The molecule has 8 rings (SSSR count). The van der Waals surface area contributed by atoms with Crippen LogP contribution in [0, 0.1) is 41.3 Å². The zero-order valence-corrected chi connectivity index (χ0v) is 26.6. The van der Waals surface area contributed by atoms with Gasteiger partial charge in [0.25, 0.3) is 0 Å². The lowest BCUT2D eigenvalue weighted by Crippen LogP contribution is -2.51. The number of carbonyl (C=O) groups is 1. The molecule has 3 fully saturated rings. The summed E-state index contributed by atoms with van der Waals surface area (Å²) in [5, 5.41) is 11.0. The molecule has 5 nitrogen and oxygen atoms in total. The molecular formula is C37H41ClFN3O2. The van der Waals surface area contributed by atoms with Crippen LogP contribution in [0.4, 0.5) is 4.39 Å². The second-order valence-corrected chi connectivity index (χ2v) is 14.5. The number of carbonyl (C=O) groups excluding carboxylic acids is 1. The van der Waals surface area contributed by atoms with E-state index < -0.39 is 0 Å². The maximum Gasteiger partial charge on any atom is 0.155 e. The minimum Gasteiger partial charge on any atom is -0.393 e. The number of rotatable bonds is 1. The van der Waals surface area contributed by atoms with Gasteiger partial charge in [-0.2, -0.15) is 0 Å². The molecule has 1 aromatic heterocycles. The summed E-state index contributed by atoms with van der Waals surface area (Å²) < 4.78 is 16.3. The number of nitrogens with zero attached hydrogens (tertiary/aromatic N) is 3. The Morgan fingerprint density at radius 2 is 1.82 bits per heavy atom. The summed E-state index contributed by atoms with van der Waals surface area (Å²) in [4.78, 5) is 20.8. The Bertz CT molecular complexity index is 1690. The van der Waals surface area contributed by atoms with Crippen LogP contribution in [-0.2, 0) is 11.3 Å². The Morgan fingerprint density at radius 1 is 1.00 bits per heavy atom. The maximum absolute atomic E-state index is 14.3. The molecule has 3 aromatic rings. The molecule has 1 aliphatic heterocycles. The minimum absolute atomic E-state index is 0.0823. The zero-order chi connectivity index (χ0) is 30.8. The fourth-order valence-corrected chi connectivity index (χ4v) is 9.66. The molecule has 2 heterocycles. The third kappa shape index (κ3) is 4.71. The van der Waals surface area contributed by atoms with E-state index in [1.54, 1.807) is 12.1 Å². The van der Waals surface area contributed by atoms with Gasteiger partial charge in [0, 0.05) is 22.6 Å².